The lowest BCUT2D eigenvalue weighted by atomic mass is 10.1. The molecular formula is C21H25N5O. The average molecular weight is 363 g/mol. The van der Waals surface area contributed by atoms with Gasteiger partial charge in [-0.2, -0.15) is 5.10 Å². The van der Waals surface area contributed by atoms with Gasteiger partial charge < -0.3 is 5.32 Å². The molecule has 0 radical (unpaired) electrons. The number of nitrogens with zero attached hydrogens (tertiary/aromatic N) is 4. The number of hydrogen-bond donors (Lipinski definition) is 1. The largest absolute Gasteiger partial charge is 0.326 e. The van der Waals surface area contributed by atoms with Gasteiger partial charge >= 0.3 is 0 Å². The maximum Gasteiger partial charge on any atom is 0.251 e. The molecular weight excluding hydrogens is 338 g/mol. The summed E-state index contributed by atoms with van der Waals surface area (Å²) in [6.45, 7) is 11.8. The lowest BCUT2D eigenvalue weighted by Crippen LogP contribution is -2.16. The van der Waals surface area contributed by atoms with E-state index in [9.17, 15) is 4.79 Å². The SMILES string of the molecule is Cc1ccc(NC(=O)Cc2c(C)nn(-c3nc(C)cc(C)n3)c2C)c(C)c1. The molecule has 0 fully saturated rings. The first-order chi connectivity index (χ1) is 12.7. The Morgan fingerprint density at radius 1 is 1.00 bits per heavy atom. The monoisotopic (exact) mass is 363 g/mol. The van der Waals surface area contributed by atoms with Crippen molar-refractivity contribution >= 4 is 11.6 Å². The van der Waals surface area contributed by atoms with Gasteiger partial charge in [0.05, 0.1) is 12.1 Å². The highest BCUT2D eigenvalue weighted by Gasteiger charge is 2.18. The Hall–Kier alpha value is -3.02. The molecule has 0 aliphatic rings. The van der Waals surface area contributed by atoms with Crippen LogP contribution in [0.25, 0.3) is 5.95 Å². The van der Waals surface area contributed by atoms with Crippen molar-refractivity contribution in [1.29, 1.82) is 0 Å². The van der Waals surface area contributed by atoms with Crippen molar-refractivity contribution in [2.45, 2.75) is 48.0 Å². The fraction of sp³-hybridized carbons (Fsp3) is 0.333. The van der Waals surface area contributed by atoms with Crippen molar-refractivity contribution in [2.75, 3.05) is 5.32 Å². The second kappa shape index (κ2) is 7.31. The number of carbonyl (C=O) groups excluding carboxylic acids is 1. The van der Waals surface area contributed by atoms with Crippen LogP contribution in [-0.4, -0.2) is 25.7 Å². The Bertz CT molecular complexity index is 999. The topological polar surface area (TPSA) is 72.7 Å². The Balaban J connectivity index is 1.85. The zero-order valence-corrected chi connectivity index (χ0v) is 16.7. The number of anilines is 1. The van der Waals surface area contributed by atoms with E-state index in [0.717, 1.165) is 39.6 Å². The van der Waals surface area contributed by atoms with Gasteiger partial charge in [-0.05, 0) is 59.2 Å². The average Bonchev–Trinajstić information content (AvgIpc) is 2.85. The first-order valence-electron chi connectivity index (χ1n) is 8.99. The maximum absolute atomic E-state index is 12.6. The van der Waals surface area contributed by atoms with Crippen LogP contribution in [-0.2, 0) is 11.2 Å². The summed E-state index contributed by atoms with van der Waals surface area (Å²) in [4.78, 5) is 21.5. The van der Waals surface area contributed by atoms with Crippen molar-refractivity contribution in [3.8, 4) is 5.95 Å². The summed E-state index contributed by atoms with van der Waals surface area (Å²) in [5.41, 5.74) is 7.44. The zero-order chi connectivity index (χ0) is 19.7. The van der Waals surface area contributed by atoms with E-state index in [2.05, 4.69) is 26.4 Å². The van der Waals surface area contributed by atoms with Crippen LogP contribution >= 0.6 is 0 Å². The van der Waals surface area contributed by atoms with E-state index >= 15 is 0 Å². The molecule has 6 nitrogen and oxygen atoms in total. The Morgan fingerprint density at radius 2 is 1.67 bits per heavy atom. The van der Waals surface area contributed by atoms with Crippen molar-refractivity contribution in [3.63, 3.8) is 0 Å². The molecule has 0 bridgehead atoms. The summed E-state index contributed by atoms with van der Waals surface area (Å²) in [6.07, 6.45) is 0.260. The van der Waals surface area contributed by atoms with Gasteiger partial charge in [-0.25, -0.2) is 14.6 Å². The van der Waals surface area contributed by atoms with Crippen LogP contribution in [0, 0.1) is 41.5 Å². The molecule has 27 heavy (non-hydrogen) atoms. The summed E-state index contributed by atoms with van der Waals surface area (Å²) in [6, 6.07) is 7.92. The molecule has 1 aromatic carbocycles. The Labute approximate surface area is 159 Å². The molecule has 0 saturated carbocycles. The molecule has 0 atom stereocenters. The molecule has 1 amide bonds. The molecule has 1 N–H and O–H groups in total. The molecule has 0 unspecified atom stereocenters. The summed E-state index contributed by atoms with van der Waals surface area (Å²) in [7, 11) is 0. The number of hydrogen-bond acceptors (Lipinski definition) is 4. The van der Waals surface area contributed by atoms with E-state index in [4.69, 9.17) is 0 Å². The van der Waals surface area contributed by atoms with Crippen LogP contribution in [0.4, 0.5) is 5.69 Å². The molecule has 0 saturated heterocycles. The third kappa shape index (κ3) is 4.05. The number of aromatic nitrogens is 4. The third-order valence-corrected chi connectivity index (χ3v) is 4.59. The van der Waals surface area contributed by atoms with Gasteiger partial charge in [-0.1, -0.05) is 17.7 Å². The summed E-state index contributed by atoms with van der Waals surface area (Å²) in [5, 5.41) is 7.56. The number of amides is 1. The highest BCUT2D eigenvalue weighted by atomic mass is 16.1. The minimum Gasteiger partial charge on any atom is -0.326 e. The number of nitrogens with one attached hydrogen (secondary N) is 1. The quantitative estimate of drug-likeness (QED) is 0.767. The Morgan fingerprint density at radius 3 is 2.30 bits per heavy atom. The Kier molecular flexibility index (Phi) is 5.08. The minimum atomic E-state index is -0.0611. The van der Waals surface area contributed by atoms with Crippen LogP contribution in [0.15, 0.2) is 24.3 Å². The molecule has 0 aliphatic carbocycles. The van der Waals surface area contributed by atoms with Gasteiger partial charge in [0.1, 0.15) is 0 Å². The van der Waals surface area contributed by atoms with Crippen molar-refractivity contribution in [3.05, 3.63) is 63.7 Å². The van der Waals surface area contributed by atoms with Gasteiger partial charge in [0.25, 0.3) is 5.95 Å². The lowest BCUT2D eigenvalue weighted by molar-refractivity contribution is -0.115. The van der Waals surface area contributed by atoms with Gasteiger partial charge in [-0.15, -0.1) is 0 Å². The third-order valence-electron chi connectivity index (χ3n) is 4.59. The standard InChI is InChI=1S/C21H25N5O/c1-12-7-8-19(13(2)9-12)24-20(27)11-18-16(5)25-26(17(18)6)21-22-14(3)10-15(4)23-21/h7-10H,11H2,1-6H3,(H,24,27). The number of rotatable bonds is 4. The second-order valence-corrected chi connectivity index (χ2v) is 7.06. The summed E-state index contributed by atoms with van der Waals surface area (Å²) in [5.74, 6) is 0.475. The van der Waals surface area contributed by atoms with Gasteiger partial charge in [0, 0.05) is 28.3 Å². The summed E-state index contributed by atoms with van der Waals surface area (Å²) >= 11 is 0. The summed E-state index contributed by atoms with van der Waals surface area (Å²) < 4.78 is 1.72. The first-order valence-corrected chi connectivity index (χ1v) is 8.99. The van der Waals surface area contributed by atoms with E-state index in [1.54, 1.807) is 4.68 Å². The molecule has 0 spiro atoms. The lowest BCUT2D eigenvalue weighted by Gasteiger charge is -2.09. The first kappa shape index (κ1) is 18.8. The van der Waals surface area contributed by atoms with Gasteiger partial charge in [0.15, 0.2) is 0 Å². The minimum absolute atomic E-state index is 0.0611. The molecule has 3 rings (SSSR count). The maximum atomic E-state index is 12.6. The van der Waals surface area contributed by atoms with E-state index in [0.29, 0.717) is 5.95 Å². The van der Waals surface area contributed by atoms with E-state index in [1.165, 1.54) is 5.56 Å². The molecule has 2 aromatic heterocycles. The van der Waals surface area contributed by atoms with Crippen molar-refractivity contribution in [1.82, 2.24) is 19.7 Å². The van der Waals surface area contributed by atoms with Crippen LogP contribution in [0.1, 0.15) is 39.5 Å². The van der Waals surface area contributed by atoms with E-state index in [1.807, 2.05) is 59.7 Å². The number of aryl methyl sites for hydroxylation is 5. The molecule has 140 valence electrons. The molecule has 0 aliphatic heterocycles. The van der Waals surface area contributed by atoms with Crippen LogP contribution in [0.5, 0.6) is 0 Å². The zero-order valence-electron chi connectivity index (χ0n) is 16.7. The van der Waals surface area contributed by atoms with Crippen LogP contribution in [0.3, 0.4) is 0 Å². The van der Waals surface area contributed by atoms with Crippen LogP contribution in [0.2, 0.25) is 0 Å². The normalized spacial score (nSPS) is 10.9. The fourth-order valence-electron chi connectivity index (χ4n) is 3.24. The van der Waals surface area contributed by atoms with Gasteiger partial charge in [0.2, 0.25) is 5.91 Å². The van der Waals surface area contributed by atoms with E-state index in [-0.39, 0.29) is 12.3 Å². The number of benzene rings is 1. The van der Waals surface area contributed by atoms with Crippen LogP contribution < -0.4 is 5.32 Å². The highest BCUT2D eigenvalue weighted by molar-refractivity contribution is 5.93. The van der Waals surface area contributed by atoms with Crippen molar-refractivity contribution in [2.24, 2.45) is 0 Å². The highest BCUT2D eigenvalue weighted by Crippen LogP contribution is 2.20. The predicted octanol–water partition coefficient (Wildman–Crippen LogP) is 3.69. The van der Waals surface area contributed by atoms with Gasteiger partial charge in [-0.3, -0.25) is 4.79 Å². The smallest absolute Gasteiger partial charge is 0.251 e. The molecule has 6 heteroatoms. The number of carbonyl (C=O) groups is 1. The predicted molar refractivity (Wildman–Crippen MR) is 106 cm³/mol. The van der Waals surface area contributed by atoms with Crippen molar-refractivity contribution < 1.29 is 4.79 Å². The van der Waals surface area contributed by atoms with E-state index < -0.39 is 0 Å². The molecule has 2 heterocycles. The fourth-order valence-corrected chi connectivity index (χ4v) is 3.24. The second-order valence-electron chi connectivity index (χ2n) is 7.06. The molecule has 3 aromatic rings.